The second-order valence-corrected chi connectivity index (χ2v) is 11.7. The maximum absolute atomic E-state index is 13.5. The van der Waals surface area contributed by atoms with Crippen molar-refractivity contribution in [2.75, 3.05) is 12.3 Å². The van der Waals surface area contributed by atoms with E-state index in [-0.39, 0.29) is 23.5 Å². The monoisotopic (exact) mass is 421 g/mol. The number of thiophene rings is 1. The highest BCUT2D eigenvalue weighted by Gasteiger charge is 2.65. The van der Waals surface area contributed by atoms with Crippen LogP contribution in [-0.2, 0) is 27.8 Å². The predicted octanol–water partition coefficient (Wildman–Crippen LogP) is 4.11. The summed E-state index contributed by atoms with van der Waals surface area (Å²) in [5.74, 6) is 0.968. The molecule has 2 aliphatic carbocycles. The summed E-state index contributed by atoms with van der Waals surface area (Å²) in [5.41, 5.74) is -1.01. The summed E-state index contributed by atoms with van der Waals surface area (Å²) >= 11 is 1.63. The average molecular weight is 422 g/mol. The van der Waals surface area contributed by atoms with Crippen LogP contribution >= 0.6 is 11.3 Å². The van der Waals surface area contributed by atoms with E-state index in [0.717, 1.165) is 11.3 Å². The molecule has 2 aromatic rings. The molecule has 5 nitrogen and oxygen atoms in total. The number of Topliss-reactive ketones (excluding diaryl/α,β-unsaturated/α-hetero) is 1. The van der Waals surface area contributed by atoms with E-state index >= 15 is 0 Å². The van der Waals surface area contributed by atoms with E-state index in [1.807, 2.05) is 17.5 Å². The van der Waals surface area contributed by atoms with E-state index < -0.39 is 15.4 Å². The van der Waals surface area contributed by atoms with Crippen molar-refractivity contribution in [3.63, 3.8) is 0 Å². The molecule has 0 aromatic carbocycles. The topological polar surface area (TPSA) is 67.6 Å². The standard InChI is InChI=1S/C21H27NO4S2/c1-20(2)16-7-9-21(20,19(23)13-16)15-28(24,25)22(14-17-5-3-11-26-17)10-8-18-6-4-12-27-18/h3-6,11-12,16H,7-10,13-15H2,1-2H3/t16-,21+/m0/s1. The molecule has 0 radical (unpaired) electrons. The van der Waals surface area contributed by atoms with E-state index in [1.54, 1.807) is 29.7 Å². The first kappa shape index (κ1) is 19.9. The van der Waals surface area contributed by atoms with Crippen molar-refractivity contribution in [2.24, 2.45) is 16.7 Å². The van der Waals surface area contributed by atoms with Crippen LogP contribution in [0.15, 0.2) is 40.3 Å². The van der Waals surface area contributed by atoms with Gasteiger partial charge in [0.05, 0.1) is 18.6 Å². The van der Waals surface area contributed by atoms with E-state index in [2.05, 4.69) is 13.8 Å². The van der Waals surface area contributed by atoms with E-state index in [1.165, 1.54) is 4.31 Å². The number of carbonyl (C=O) groups is 1. The van der Waals surface area contributed by atoms with Gasteiger partial charge in [-0.3, -0.25) is 4.79 Å². The molecule has 0 N–H and O–H groups in total. The number of ketones is 1. The molecule has 2 bridgehead atoms. The van der Waals surface area contributed by atoms with E-state index in [4.69, 9.17) is 4.42 Å². The molecule has 7 heteroatoms. The SMILES string of the molecule is CC1(C)[C@H]2CC[C@@]1(CS(=O)(=O)N(CCc1cccs1)Cc1ccco1)C(=O)C2. The lowest BCUT2D eigenvalue weighted by molar-refractivity contribution is -0.128. The Labute approximate surface area is 170 Å². The third-order valence-corrected chi connectivity index (χ3v) is 9.95. The Kier molecular flexibility index (Phi) is 5.04. The number of fused-ring (bicyclic) bond motifs is 2. The summed E-state index contributed by atoms with van der Waals surface area (Å²) in [7, 11) is -3.63. The van der Waals surface area contributed by atoms with Crippen LogP contribution in [0.1, 0.15) is 43.7 Å². The quantitative estimate of drug-likeness (QED) is 0.643. The Balaban J connectivity index is 1.59. The number of sulfonamides is 1. The summed E-state index contributed by atoms with van der Waals surface area (Å²) in [5, 5.41) is 2.00. The van der Waals surface area contributed by atoms with Gasteiger partial charge in [0.15, 0.2) is 0 Å². The fourth-order valence-electron chi connectivity index (χ4n) is 5.09. The van der Waals surface area contributed by atoms with Crippen LogP contribution in [0.2, 0.25) is 0 Å². The summed E-state index contributed by atoms with van der Waals surface area (Å²) in [4.78, 5) is 14.0. The first-order valence-electron chi connectivity index (χ1n) is 9.80. The van der Waals surface area contributed by atoms with E-state index in [0.29, 0.717) is 37.5 Å². The molecule has 0 amide bonds. The summed E-state index contributed by atoms with van der Waals surface area (Å²) < 4.78 is 34.0. The Morgan fingerprint density at radius 2 is 2.11 bits per heavy atom. The Hall–Kier alpha value is -1.44. The van der Waals surface area contributed by atoms with Gasteiger partial charge in [-0.1, -0.05) is 19.9 Å². The highest BCUT2D eigenvalue weighted by molar-refractivity contribution is 7.89. The van der Waals surface area contributed by atoms with Crippen molar-refractivity contribution in [1.82, 2.24) is 4.31 Å². The van der Waals surface area contributed by atoms with Crippen molar-refractivity contribution in [2.45, 2.75) is 46.1 Å². The molecule has 2 atom stereocenters. The smallest absolute Gasteiger partial charge is 0.215 e. The van der Waals surface area contributed by atoms with E-state index in [9.17, 15) is 13.2 Å². The Bertz CT molecular complexity index is 931. The minimum atomic E-state index is -3.63. The van der Waals surface area contributed by atoms with Gasteiger partial charge in [-0.05, 0) is 54.2 Å². The second-order valence-electron chi connectivity index (χ2n) is 8.67. The van der Waals surface area contributed by atoms with Gasteiger partial charge in [0, 0.05) is 23.3 Å². The molecule has 2 heterocycles. The molecule has 2 fully saturated rings. The molecule has 2 aliphatic rings. The predicted molar refractivity (Wildman–Crippen MR) is 109 cm³/mol. The number of nitrogens with zero attached hydrogens (tertiary/aromatic N) is 1. The zero-order chi connectivity index (χ0) is 20.0. The highest BCUT2D eigenvalue weighted by atomic mass is 32.2. The molecule has 2 aromatic heterocycles. The van der Waals surface area contributed by atoms with Crippen molar-refractivity contribution in [3.8, 4) is 0 Å². The van der Waals surface area contributed by atoms with Gasteiger partial charge in [0.2, 0.25) is 10.0 Å². The van der Waals surface area contributed by atoms with Gasteiger partial charge in [-0.15, -0.1) is 11.3 Å². The molecule has 0 unspecified atom stereocenters. The van der Waals surface area contributed by atoms with Crippen LogP contribution in [0.3, 0.4) is 0 Å². The van der Waals surface area contributed by atoms with Gasteiger partial charge in [-0.2, -0.15) is 4.31 Å². The van der Waals surface area contributed by atoms with Crippen LogP contribution in [0.4, 0.5) is 0 Å². The van der Waals surface area contributed by atoms with Gasteiger partial charge in [0.1, 0.15) is 11.5 Å². The van der Waals surface area contributed by atoms with Crippen LogP contribution in [0.25, 0.3) is 0 Å². The molecule has 4 rings (SSSR count). The van der Waals surface area contributed by atoms with Crippen molar-refractivity contribution >= 4 is 27.1 Å². The van der Waals surface area contributed by atoms with Crippen LogP contribution in [0.5, 0.6) is 0 Å². The van der Waals surface area contributed by atoms with Gasteiger partial charge < -0.3 is 4.42 Å². The highest BCUT2D eigenvalue weighted by Crippen LogP contribution is 2.64. The van der Waals surface area contributed by atoms with Crippen molar-refractivity contribution in [3.05, 3.63) is 46.5 Å². The lowest BCUT2D eigenvalue weighted by Crippen LogP contribution is -2.46. The molecule has 152 valence electrons. The molecule has 0 saturated heterocycles. The Morgan fingerprint density at radius 3 is 2.68 bits per heavy atom. The zero-order valence-corrected chi connectivity index (χ0v) is 18.0. The van der Waals surface area contributed by atoms with Crippen molar-refractivity contribution < 1.29 is 17.6 Å². The first-order valence-corrected chi connectivity index (χ1v) is 12.3. The molecular formula is C21H27NO4S2. The molecular weight excluding hydrogens is 394 g/mol. The van der Waals surface area contributed by atoms with Gasteiger partial charge in [-0.25, -0.2) is 8.42 Å². The number of hydrogen-bond donors (Lipinski definition) is 0. The number of hydrogen-bond acceptors (Lipinski definition) is 5. The van der Waals surface area contributed by atoms with Crippen LogP contribution in [-0.4, -0.2) is 30.8 Å². The lowest BCUT2D eigenvalue weighted by atomic mass is 9.70. The maximum atomic E-state index is 13.5. The molecule has 0 spiro atoms. The number of furan rings is 1. The maximum Gasteiger partial charge on any atom is 0.215 e. The normalized spacial score (nSPS) is 26.4. The molecule has 0 aliphatic heterocycles. The minimum Gasteiger partial charge on any atom is -0.468 e. The van der Waals surface area contributed by atoms with Gasteiger partial charge >= 0.3 is 0 Å². The molecule has 2 saturated carbocycles. The average Bonchev–Trinajstić information content (AvgIpc) is 3.39. The van der Waals surface area contributed by atoms with Crippen LogP contribution in [0, 0.1) is 16.7 Å². The first-order chi connectivity index (χ1) is 13.2. The largest absolute Gasteiger partial charge is 0.468 e. The second kappa shape index (κ2) is 7.11. The third-order valence-electron chi connectivity index (χ3n) is 7.06. The summed E-state index contributed by atoms with van der Waals surface area (Å²) in [6.07, 6.45) is 4.37. The fraction of sp³-hybridized carbons (Fsp3) is 0.571. The number of carbonyl (C=O) groups excluding carboxylic acids is 1. The van der Waals surface area contributed by atoms with Crippen LogP contribution < -0.4 is 0 Å². The molecule has 28 heavy (non-hydrogen) atoms. The number of rotatable bonds is 8. The zero-order valence-electron chi connectivity index (χ0n) is 16.4. The minimum absolute atomic E-state index is 0.0898. The fourth-order valence-corrected chi connectivity index (χ4v) is 7.97. The van der Waals surface area contributed by atoms with Gasteiger partial charge in [0.25, 0.3) is 0 Å². The summed E-state index contributed by atoms with van der Waals surface area (Å²) in [6, 6.07) is 7.56. The Morgan fingerprint density at radius 1 is 1.29 bits per heavy atom. The summed E-state index contributed by atoms with van der Waals surface area (Å²) in [6.45, 7) is 4.74. The third kappa shape index (κ3) is 3.27. The lowest BCUT2D eigenvalue weighted by Gasteiger charge is -2.37. The van der Waals surface area contributed by atoms with Crippen molar-refractivity contribution in [1.29, 1.82) is 0 Å².